The quantitative estimate of drug-likeness (QED) is 0.813. The van der Waals surface area contributed by atoms with Gasteiger partial charge in [0.25, 0.3) is 5.91 Å². The van der Waals surface area contributed by atoms with Crippen LogP contribution >= 0.6 is 22.9 Å². The number of amides is 1. The number of rotatable bonds is 3. The van der Waals surface area contributed by atoms with E-state index in [1.54, 1.807) is 24.3 Å². The lowest BCUT2D eigenvalue weighted by Gasteiger charge is -2.18. The Labute approximate surface area is 149 Å². The molecule has 1 aliphatic carbocycles. The number of hydrogen-bond acceptors (Lipinski definition) is 4. The van der Waals surface area contributed by atoms with Gasteiger partial charge in [0, 0.05) is 4.88 Å². The molecule has 3 rings (SSSR count). The Morgan fingerprint density at radius 1 is 1.33 bits per heavy atom. The molecular formula is C18H18ClNO3S. The summed E-state index contributed by atoms with van der Waals surface area (Å²) in [5.74, 6) is -0.150. The van der Waals surface area contributed by atoms with Crippen molar-refractivity contribution in [1.29, 1.82) is 0 Å². The minimum atomic E-state index is -0.406. The van der Waals surface area contributed by atoms with Crippen LogP contribution in [0.2, 0.25) is 5.02 Å². The molecule has 0 spiro atoms. The van der Waals surface area contributed by atoms with Crippen LogP contribution in [0.15, 0.2) is 24.3 Å². The van der Waals surface area contributed by atoms with Crippen LogP contribution in [0.3, 0.4) is 0 Å². The van der Waals surface area contributed by atoms with Crippen LogP contribution in [-0.4, -0.2) is 19.0 Å². The third kappa shape index (κ3) is 3.19. The Kier molecular flexibility index (Phi) is 4.92. The Balaban J connectivity index is 1.97. The average molecular weight is 364 g/mol. The predicted octanol–water partition coefficient (Wildman–Crippen LogP) is 4.57. The summed E-state index contributed by atoms with van der Waals surface area (Å²) in [6.07, 6.45) is 2.79. The zero-order valence-corrected chi connectivity index (χ0v) is 15.1. The van der Waals surface area contributed by atoms with Gasteiger partial charge in [0.1, 0.15) is 5.00 Å². The molecule has 6 heteroatoms. The van der Waals surface area contributed by atoms with Crippen molar-refractivity contribution in [3.8, 4) is 0 Å². The fourth-order valence-corrected chi connectivity index (χ4v) is 4.59. The van der Waals surface area contributed by atoms with Gasteiger partial charge in [0.05, 0.1) is 23.3 Å². The molecule has 1 N–H and O–H groups in total. The summed E-state index contributed by atoms with van der Waals surface area (Å²) in [5, 5.41) is 3.78. The lowest BCUT2D eigenvalue weighted by atomic mass is 9.88. The molecule has 0 aliphatic heterocycles. The summed E-state index contributed by atoms with van der Waals surface area (Å²) in [6, 6.07) is 6.84. The molecule has 1 atom stereocenters. The van der Waals surface area contributed by atoms with Gasteiger partial charge < -0.3 is 10.1 Å². The van der Waals surface area contributed by atoms with Crippen LogP contribution in [0.1, 0.15) is 44.5 Å². The van der Waals surface area contributed by atoms with Crippen LogP contribution < -0.4 is 5.32 Å². The number of fused-ring (bicyclic) bond motifs is 1. The first-order valence-corrected chi connectivity index (χ1v) is 8.99. The average Bonchev–Trinajstić information content (AvgIpc) is 2.91. The third-order valence-electron chi connectivity index (χ3n) is 4.25. The van der Waals surface area contributed by atoms with Crippen molar-refractivity contribution >= 4 is 39.8 Å². The molecule has 1 aliphatic rings. The number of carbonyl (C=O) groups excluding carboxylic acids is 2. The number of hydrogen-bond donors (Lipinski definition) is 1. The number of ether oxygens (including phenoxy) is 1. The molecule has 1 unspecified atom stereocenters. The van der Waals surface area contributed by atoms with Crippen LogP contribution in [-0.2, 0) is 17.6 Å². The number of thiophene rings is 1. The van der Waals surface area contributed by atoms with E-state index in [9.17, 15) is 9.59 Å². The molecule has 24 heavy (non-hydrogen) atoms. The SMILES string of the molecule is COC(=O)c1c(NC(=O)c2ccccc2Cl)sc2c1CCC(C)C2. The summed E-state index contributed by atoms with van der Waals surface area (Å²) in [6.45, 7) is 2.20. The van der Waals surface area contributed by atoms with Crippen LogP contribution in [0.4, 0.5) is 5.00 Å². The Bertz CT molecular complexity index is 800. The Morgan fingerprint density at radius 2 is 2.08 bits per heavy atom. The van der Waals surface area contributed by atoms with Gasteiger partial charge in [0.15, 0.2) is 0 Å². The van der Waals surface area contributed by atoms with Gasteiger partial charge in [-0.1, -0.05) is 30.7 Å². The van der Waals surface area contributed by atoms with Gasteiger partial charge in [-0.15, -0.1) is 11.3 Å². The molecule has 1 aromatic heterocycles. The highest BCUT2D eigenvalue weighted by Gasteiger charge is 2.29. The van der Waals surface area contributed by atoms with Gasteiger partial charge in [-0.3, -0.25) is 4.79 Å². The maximum absolute atomic E-state index is 12.5. The van der Waals surface area contributed by atoms with E-state index in [1.807, 2.05) is 0 Å². The van der Waals surface area contributed by atoms with Crippen molar-refractivity contribution in [3.05, 3.63) is 50.9 Å². The third-order valence-corrected chi connectivity index (χ3v) is 5.75. The standard InChI is InChI=1S/C18H18ClNO3S/c1-10-7-8-12-14(9-10)24-17(15(12)18(22)23-2)20-16(21)11-5-3-4-6-13(11)19/h3-6,10H,7-9H2,1-2H3,(H,20,21). The first-order chi connectivity index (χ1) is 11.5. The van der Waals surface area contributed by atoms with Crippen molar-refractivity contribution in [2.75, 3.05) is 12.4 Å². The van der Waals surface area contributed by atoms with Crippen molar-refractivity contribution in [2.24, 2.45) is 5.92 Å². The van der Waals surface area contributed by atoms with E-state index < -0.39 is 5.97 Å². The summed E-state index contributed by atoms with van der Waals surface area (Å²) >= 11 is 7.55. The topological polar surface area (TPSA) is 55.4 Å². The summed E-state index contributed by atoms with van der Waals surface area (Å²) in [5.41, 5.74) is 1.89. The summed E-state index contributed by atoms with van der Waals surface area (Å²) < 4.78 is 4.93. The number of halogens is 1. The highest BCUT2D eigenvalue weighted by Crippen LogP contribution is 2.40. The van der Waals surface area contributed by atoms with Gasteiger partial charge in [-0.25, -0.2) is 4.79 Å². The molecule has 0 fully saturated rings. The van der Waals surface area contributed by atoms with E-state index >= 15 is 0 Å². The molecule has 1 aromatic carbocycles. The number of methoxy groups -OCH3 is 1. The molecule has 1 amide bonds. The molecule has 2 aromatic rings. The maximum atomic E-state index is 12.5. The molecule has 0 saturated heterocycles. The van der Waals surface area contributed by atoms with Crippen LogP contribution in [0.25, 0.3) is 0 Å². The Hall–Kier alpha value is -1.85. The second kappa shape index (κ2) is 6.95. The summed E-state index contributed by atoms with van der Waals surface area (Å²) in [4.78, 5) is 25.9. The lowest BCUT2D eigenvalue weighted by molar-refractivity contribution is 0.0601. The molecule has 1 heterocycles. The van der Waals surface area contributed by atoms with E-state index in [4.69, 9.17) is 16.3 Å². The van der Waals surface area contributed by atoms with Gasteiger partial charge in [0.2, 0.25) is 0 Å². The number of carbonyl (C=O) groups is 2. The first-order valence-electron chi connectivity index (χ1n) is 7.80. The molecule has 0 bridgehead atoms. The highest BCUT2D eigenvalue weighted by atomic mass is 35.5. The van der Waals surface area contributed by atoms with Gasteiger partial charge in [-0.05, 0) is 42.9 Å². The number of esters is 1. The predicted molar refractivity (Wildman–Crippen MR) is 96.3 cm³/mol. The van der Waals surface area contributed by atoms with E-state index in [1.165, 1.54) is 18.4 Å². The minimum Gasteiger partial charge on any atom is -0.465 e. The summed E-state index contributed by atoms with van der Waals surface area (Å²) in [7, 11) is 1.36. The minimum absolute atomic E-state index is 0.322. The number of benzene rings is 1. The van der Waals surface area contributed by atoms with Crippen molar-refractivity contribution < 1.29 is 14.3 Å². The maximum Gasteiger partial charge on any atom is 0.341 e. The second-order valence-corrected chi connectivity index (χ2v) is 7.49. The fraction of sp³-hybridized carbons (Fsp3) is 0.333. The van der Waals surface area contributed by atoms with Gasteiger partial charge in [-0.2, -0.15) is 0 Å². The zero-order valence-electron chi connectivity index (χ0n) is 13.5. The van der Waals surface area contributed by atoms with E-state index in [2.05, 4.69) is 12.2 Å². The first kappa shape index (κ1) is 17.0. The van der Waals surface area contributed by atoms with Gasteiger partial charge >= 0.3 is 5.97 Å². The normalized spacial score (nSPS) is 16.4. The number of anilines is 1. The molecular weight excluding hydrogens is 346 g/mol. The fourth-order valence-electron chi connectivity index (χ4n) is 2.97. The van der Waals surface area contributed by atoms with Crippen LogP contribution in [0.5, 0.6) is 0 Å². The molecule has 0 radical (unpaired) electrons. The highest BCUT2D eigenvalue weighted by molar-refractivity contribution is 7.17. The lowest BCUT2D eigenvalue weighted by Crippen LogP contribution is -2.16. The smallest absolute Gasteiger partial charge is 0.341 e. The monoisotopic (exact) mass is 363 g/mol. The van der Waals surface area contributed by atoms with E-state index in [-0.39, 0.29) is 5.91 Å². The number of nitrogens with one attached hydrogen (secondary N) is 1. The van der Waals surface area contributed by atoms with Crippen molar-refractivity contribution in [3.63, 3.8) is 0 Å². The Morgan fingerprint density at radius 3 is 2.79 bits per heavy atom. The van der Waals surface area contributed by atoms with Crippen molar-refractivity contribution in [1.82, 2.24) is 0 Å². The zero-order chi connectivity index (χ0) is 17.3. The van der Waals surface area contributed by atoms with Crippen molar-refractivity contribution in [2.45, 2.75) is 26.2 Å². The van der Waals surface area contributed by atoms with Crippen LogP contribution in [0, 0.1) is 5.92 Å². The second-order valence-electron chi connectivity index (χ2n) is 5.98. The van der Waals surface area contributed by atoms with E-state index in [0.717, 1.165) is 29.7 Å². The largest absolute Gasteiger partial charge is 0.465 e. The van der Waals surface area contributed by atoms with E-state index in [0.29, 0.717) is 27.1 Å². The molecule has 126 valence electrons. The molecule has 0 saturated carbocycles. The molecule has 4 nitrogen and oxygen atoms in total.